The number of nitrogens with zero attached hydrogens (tertiary/aromatic N) is 3. The normalized spacial score (nSPS) is 11.3. The first-order valence-electron chi connectivity index (χ1n) is 5.79. The Morgan fingerprint density at radius 2 is 2.24 bits per heavy atom. The maximum Gasteiger partial charge on any atom is 0.0951 e. The van der Waals surface area contributed by atoms with Gasteiger partial charge in [-0.2, -0.15) is 0 Å². The molecule has 0 spiro atoms. The number of imidazole rings is 1. The average Bonchev–Trinajstić information content (AvgIpc) is 2.88. The molecule has 0 atom stereocenters. The van der Waals surface area contributed by atoms with Crippen molar-refractivity contribution in [2.75, 3.05) is 0 Å². The summed E-state index contributed by atoms with van der Waals surface area (Å²) in [5, 5.41) is 3.44. The number of aryl methyl sites for hydroxylation is 1. The first-order chi connectivity index (χ1) is 8.18. The van der Waals surface area contributed by atoms with Crippen molar-refractivity contribution >= 4 is 11.3 Å². The zero-order valence-corrected chi connectivity index (χ0v) is 11.3. The molecular weight excluding hydrogens is 232 g/mol. The van der Waals surface area contributed by atoms with Gasteiger partial charge in [-0.15, -0.1) is 11.3 Å². The van der Waals surface area contributed by atoms with Crippen molar-refractivity contribution in [2.45, 2.75) is 39.9 Å². The standard InChI is InChI=1S/C12H18N4S/c1-9(2)16-7-14-5-11(16)4-13-6-12-10(3)15-8-17-12/h5,7-9,13H,4,6H2,1-3H3. The van der Waals surface area contributed by atoms with E-state index in [0.717, 1.165) is 18.8 Å². The summed E-state index contributed by atoms with van der Waals surface area (Å²) < 4.78 is 2.19. The number of hydrogen-bond acceptors (Lipinski definition) is 4. The Kier molecular flexibility index (Phi) is 3.91. The first-order valence-corrected chi connectivity index (χ1v) is 6.67. The van der Waals surface area contributed by atoms with E-state index in [1.54, 1.807) is 11.3 Å². The van der Waals surface area contributed by atoms with Gasteiger partial charge in [0, 0.05) is 30.2 Å². The lowest BCUT2D eigenvalue weighted by Gasteiger charge is -2.12. The molecule has 0 amide bonds. The zero-order chi connectivity index (χ0) is 12.3. The van der Waals surface area contributed by atoms with Crippen molar-refractivity contribution in [3.63, 3.8) is 0 Å². The smallest absolute Gasteiger partial charge is 0.0951 e. The maximum atomic E-state index is 4.24. The fraction of sp³-hybridized carbons (Fsp3) is 0.500. The van der Waals surface area contributed by atoms with E-state index in [0.29, 0.717) is 6.04 Å². The summed E-state index contributed by atoms with van der Waals surface area (Å²) in [6, 6.07) is 0.458. The lowest BCUT2D eigenvalue weighted by atomic mass is 10.3. The average molecular weight is 250 g/mol. The van der Waals surface area contributed by atoms with Crippen LogP contribution in [0.2, 0.25) is 0 Å². The van der Waals surface area contributed by atoms with Gasteiger partial charge in [-0.05, 0) is 20.8 Å². The Hall–Kier alpha value is -1.20. The summed E-state index contributed by atoms with van der Waals surface area (Å²) in [6.45, 7) is 8.10. The summed E-state index contributed by atoms with van der Waals surface area (Å²) in [7, 11) is 0. The highest BCUT2D eigenvalue weighted by Gasteiger charge is 2.05. The highest BCUT2D eigenvalue weighted by Crippen LogP contribution is 2.12. The first kappa shape index (κ1) is 12.3. The lowest BCUT2D eigenvalue weighted by molar-refractivity contribution is 0.551. The maximum absolute atomic E-state index is 4.24. The van der Waals surface area contributed by atoms with Gasteiger partial charge in [0.15, 0.2) is 0 Å². The largest absolute Gasteiger partial charge is 0.331 e. The summed E-state index contributed by atoms with van der Waals surface area (Å²) in [5.74, 6) is 0. The van der Waals surface area contributed by atoms with Crippen molar-refractivity contribution in [1.82, 2.24) is 19.9 Å². The van der Waals surface area contributed by atoms with Crippen molar-refractivity contribution in [1.29, 1.82) is 0 Å². The summed E-state index contributed by atoms with van der Waals surface area (Å²) >= 11 is 1.70. The van der Waals surface area contributed by atoms with Gasteiger partial charge >= 0.3 is 0 Å². The van der Waals surface area contributed by atoms with Gasteiger partial charge in [-0.3, -0.25) is 0 Å². The molecule has 2 heterocycles. The molecule has 0 fully saturated rings. The van der Waals surface area contributed by atoms with Gasteiger partial charge in [-0.1, -0.05) is 0 Å². The molecule has 1 N–H and O–H groups in total. The molecule has 0 aromatic carbocycles. The molecule has 4 nitrogen and oxygen atoms in total. The fourth-order valence-electron chi connectivity index (χ4n) is 1.73. The molecule has 2 aromatic heterocycles. The summed E-state index contributed by atoms with van der Waals surface area (Å²) in [6.07, 6.45) is 3.81. The minimum Gasteiger partial charge on any atom is -0.331 e. The van der Waals surface area contributed by atoms with Crippen LogP contribution in [0, 0.1) is 6.92 Å². The van der Waals surface area contributed by atoms with Crippen LogP contribution in [0.5, 0.6) is 0 Å². The predicted octanol–water partition coefficient (Wildman–Crippen LogP) is 2.52. The number of aromatic nitrogens is 3. The second-order valence-electron chi connectivity index (χ2n) is 4.35. The van der Waals surface area contributed by atoms with Crippen LogP contribution in [0.1, 0.15) is 36.2 Å². The van der Waals surface area contributed by atoms with Gasteiger partial charge in [0.2, 0.25) is 0 Å². The molecule has 0 bridgehead atoms. The highest BCUT2D eigenvalue weighted by molar-refractivity contribution is 7.09. The topological polar surface area (TPSA) is 42.7 Å². The molecule has 17 heavy (non-hydrogen) atoms. The minimum absolute atomic E-state index is 0.458. The molecule has 0 saturated carbocycles. The Morgan fingerprint density at radius 3 is 2.88 bits per heavy atom. The van der Waals surface area contributed by atoms with Crippen molar-refractivity contribution in [3.05, 3.63) is 34.3 Å². The van der Waals surface area contributed by atoms with E-state index in [-0.39, 0.29) is 0 Å². The van der Waals surface area contributed by atoms with E-state index in [1.807, 2.05) is 25.0 Å². The third kappa shape index (κ3) is 2.92. The minimum atomic E-state index is 0.458. The van der Waals surface area contributed by atoms with E-state index >= 15 is 0 Å². The molecule has 0 aliphatic carbocycles. The number of thiazole rings is 1. The summed E-state index contributed by atoms with van der Waals surface area (Å²) in [4.78, 5) is 9.73. The predicted molar refractivity (Wildman–Crippen MR) is 70.0 cm³/mol. The second kappa shape index (κ2) is 5.42. The quantitative estimate of drug-likeness (QED) is 0.886. The van der Waals surface area contributed by atoms with E-state index < -0.39 is 0 Å². The van der Waals surface area contributed by atoms with E-state index in [4.69, 9.17) is 0 Å². The Labute approximate surface area is 106 Å². The summed E-state index contributed by atoms with van der Waals surface area (Å²) in [5.41, 5.74) is 4.24. The van der Waals surface area contributed by atoms with E-state index in [9.17, 15) is 0 Å². The van der Waals surface area contributed by atoms with Gasteiger partial charge in [0.1, 0.15) is 0 Å². The molecule has 0 unspecified atom stereocenters. The van der Waals surface area contributed by atoms with Crippen LogP contribution >= 0.6 is 11.3 Å². The molecule has 0 radical (unpaired) electrons. The van der Waals surface area contributed by atoms with Crippen molar-refractivity contribution in [2.24, 2.45) is 0 Å². The number of hydrogen-bond donors (Lipinski definition) is 1. The monoisotopic (exact) mass is 250 g/mol. The SMILES string of the molecule is Cc1ncsc1CNCc1cncn1C(C)C. The highest BCUT2D eigenvalue weighted by atomic mass is 32.1. The Bertz CT molecular complexity index is 472. The molecule has 0 aliphatic rings. The number of nitrogens with one attached hydrogen (secondary N) is 1. The molecule has 5 heteroatoms. The van der Waals surface area contributed by atoms with E-state index in [2.05, 4.69) is 33.7 Å². The van der Waals surface area contributed by atoms with Crippen LogP contribution in [0.25, 0.3) is 0 Å². The number of rotatable bonds is 5. The van der Waals surface area contributed by atoms with Gasteiger partial charge < -0.3 is 9.88 Å². The third-order valence-corrected chi connectivity index (χ3v) is 3.67. The molecule has 2 aromatic rings. The van der Waals surface area contributed by atoms with Crippen LogP contribution < -0.4 is 5.32 Å². The van der Waals surface area contributed by atoms with E-state index in [1.165, 1.54) is 10.6 Å². The van der Waals surface area contributed by atoms with Crippen LogP contribution in [-0.2, 0) is 13.1 Å². The fourth-order valence-corrected chi connectivity index (χ4v) is 2.48. The molecule has 2 rings (SSSR count). The Balaban J connectivity index is 1.90. The third-order valence-electron chi connectivity index (χ3n) is 2.74. The van der Waals surface area contributed by atoms with Crippen LogP contribution in [0.4, 0.5) is 0 Å². The molecule has 0 aliphatic heterocycles. The van der Waals surface area contributed by atoms with Gasteiger partial charge in [0.05, 0.1) is 23.2 Å². The molecule has 0 saturated heterocycles. The van der Waals surface area contributed by atoms with Crippen molar-refractivity contribution in [3.8, 4) is 0 Å². The molecular formula is C12H18N4S. The molecule has 92 valence electrons. The van der Waals surface area contributed by atoms with Gasteiger partial charge in [-0.25, -0.2) is 9.97 Å². The zero-order valence-electron chi connectivity index (χ0n) is 10.5. The van der Waals surface area contributed by atoms with Crippen molar-refractivity contribution < 1.29 is 0 Å². The van der Waals surface area contributed by atoms with Crippen LogP contribution in [0.3, 0.4) is 0 Å². The second-order valence-corrected chi connectivity index (χ2v) is 5.29. The lowest BCUT2D eigenvalue weighted by Crippen LogP contribution is -2.16. The van der Waals surface area contributed by atoms with Crippen LogP contribution in [0.15, 0.2) is 18.0 Å². The Morgan fingerprint density at radius 1 is 1.41 bits per heavy atom. The van der Waals surface area contributed by atoms with Gasteiger partial charge in [0.25, 0.3) is 0 Å². The van der Waals surface area contributed by atoms with Crippen LogP contribution in [-0.4, -0.2) is 14.5 Å².